The van der Waals surface area contributed by atoms with Crippen LogP contribution in [0.1, 0.15) is 26.2 Å². The maximum absolute atomic E-state index is 11.9. The number of carbonyl (C=O) groups excluding carboxylic acids is 3. The molecule has 0 radical (unpaired) electrons. The Hall–Kier alpha value is -1.63. The first-order valence-electron chi connectivity index (χ1n) is 6.57. The van der Waals surface area contributed by atoms with Gasteiger partial charge in [0.1, 0.15) is 12.1 Å². The molecule has 0 aromatic rings. The Morgan fingerprint density at radius 1 is 1.25 bits per heavy atom. The smallest absolute Gasteiger partial charge is 0.328 e. The normalized spacial score (nSPS) is 20.9. The quantitative estimate of drug-likeness (QED) is 0.693. The van der Waals surface area contributed by atoms with Crippen LogP contribution in [0, 0.1) is 5.92 Å². The van der Waals surface area contributed by atoms with Crippen LogP contribution < -0.4 is 5.32 Å². The summed E-state index contributed by atoms with van der Waals surface area (Å²) in [7, 11) is 2.51. The molecule has 1 amide bonds. The van der Waals surface area contributed by atoms with E-state index in [0.717, 1.165) is 6.42 Å². The standard InChI is InChI=1S/C13H21NO6/c1-8(12(16)18-2)7-9(13(17)19-3)14-11(15)10-5-4-6-20-10/h8-10H,4-7H2,1-3H3,(H,14,15)/t8-,9+,10-/m1/s1. The van der Waals surface area contributed by atoms with Gasteiger partial charge in [0.25, 0.3) is 0 Å². The third-order valence-electron chi connectivity index (χ3n) is 3.22. The summed E-state index contributed by atoms with van der Waals surface area (Å²) in [5, 5.41) is 2.57. The third kappa shape index (κ3) is 4.48. The van der Waals surface area contributed by atoms with Crippen molar-refractivity contribution in [3.63, 3.8) is 0 Å². The van der Waals surface area contributed by atoms with Gasteiger partial charge in [0.05, 0.1) is 20.1 Å². The van der Waals surface area contributed by atoms with Gasteiger partial charge in [-0.05, 0) is 19.3 Å². The Morgan fingerprint density at radius 2 is 1.90 bits per heavy atom. The van der Waals surface area contributed by atoms with E-state index >= 15 is 0 Å². The summed E-state index contributed by atoms with van der Waals surface area (Å²) in [4.78, 5) is 35.0. The van der Waals surface area contributed by atoms with Gasteiger partial charge >= 0.3 is 11.9 Å². The number of methoxy groups -OCH3 is 2. The van der Waals surface area contributed by atoms with Gasteiger partial charge in [0, 0.05) is 6.61 Å². The molecule has 1 rings (SSSR count). The minimum atomic E-state index is -0.884. The molecule has 1 fully saturated rings. The Labute approximate surface area is 117 Å². The Bertz CT molecular complexity index is 364. The fraction of sp³-hybridized carbons (Fsp3) is 0.769. The molecule has 0 unspecified atom stereocenters. The lowest BCUT2D eigenvalue weighted by Gasteiger charge is -2.20. The van der Waals surface area contributed by atoms with E-state index < -0.39 is 30.0 Å². The summed E-state index contributed by atoms with van der Waals surface area (Å²) in [5.41, 5.74) is 0. The Kier molecular flexibility index (Phi) is 6.44. The Balaban J connectivity index is 2.61. The SMILES string of the molecule is COC(=O)[C@H](C)C[C@H](NC(=O)[C@H]1CCCO1)C(=O)OC. The van der Waals surface area contributed by atoms with Crippen molar-refractivity contribution >= 4 is 17.8 Å². The van der Waals surface area contributed by atoms with Crippen LogP contribution in [0.2, 0.25) is 0 Å². The zero-order valence-electron chi connectivity index (χ0n) is 12.0. The average molecular weight is 287 g/mol. The van der Waals surface area contributed by atoms with Crippen LogP contribution in [0.5, 0.6) is 0 Å². The summed E-state index contributed by atoms with van der Waals surface area (Å²) >= 11 is 0. The molecule has 0 spiro atoms. The van der Waals surface area contributed by atoms with Crippen LogP contribution >= 0.6 is 0 Å². The molecule has 0 bridgehead atoms. The molecule has 0 aromatic carbocycles. The number of amides is 1. The van der Waals surface area contributed by atoms with Gasteiger partial charge in [-0.15, -0.1) is 0 Å². The molecular formula is C13H21NO6. The predicted octanol–water partition coefficient (Wildman–Crippen LogP) is 0.0224. The highest BCUT2D eigenvalue weighted by Crippen LogP contribution is 2.14. The number of rotatable bonds is 6. The van der Waals surface area contributed by atoms with E-state index in [9.17, 15) is 14.4 Å². The molecule has 1 aliphatic heterocycles. The fourth-order valence-corrected chi connectivity index (χ4v) is 2.06. The molecule has 1 aliphatic rings. The molecule has 0 aliphatic carbocycles. The van der Waals surface area contributed by atoms with Crippen LogP contribution in [0.15, 0.2) is 0 Å². The van der Waals surface area contributed by atoms with Gasteiger partial charge < -0.3 is 19.5 Å². The number of hydrogen-bond acceptors (Lipinski definition) is 6. The molecule has 0 saturated carbocycles. The summed E-state index contributed by atoms with van der Waals surface area (Å²) in [6, 6.07) is -0.884. The minimum absolute atomic E-state index is 0.123. The number of esters is 2. The summed E-state index contributed by atoms with van der Waals surface area (Å²) in [6.45, 7) is 2.17. The molecule has 1 N–H and O–H groups in total. The molecule has 20 heavy (non-hydrogen) atoms. The lowest BCUT2D eigenvalue weighted by molar-refractivity contribution is -0.149. The number of hydrogen-bond donors (Lipinski definition) is 1. The zero-order chi connectivity index (χ0) is 15.1. The maximum Gasteiger partial charge on any atom is 0.328 e. The van der Waals surface area contributed by atoms with Crippen LogP contribution in [0.3, 0.4) is 0 Å². The van der Waals surface area contributed by atoms with Gasteiger partial charge in [-0.3, -0.25) is 9.59 Å². The van der Waals surface area contributed by atoms with Crippen molar-refractivity contribution in [2.24, 2.45) is 5.92 Å². The Morgan fingerprint density at radius 3 is 2.40 bits per heavy atom. The second-order valence-electron chi connectivity index (χ2n) is 4.75. The maximum atomic E-state index is 11.9. The first-order chi connectivity index (χ1) is 9.49. The van der Waals surface area contributed by atoms with Crippen molar-refractivity contribution in [3.05, 3.63) is 0 Å². The van der Waals surface area contributed by atoms with Crippen molar-refractivity contribution < 1.29 is 28.6 Å². The highest BCUT2D eigenvalue weighted by Gasteiger charge is 2.31. The number of nitrogens with one attached hydrogen (secondary N) is 1. The van der Waals surface area contributed by atoms with E-state index in [4.69, 9.17) is 4.74 Å². The molecule has 7 nitrogen and oxygen atoms in total. The van der Waals surface area contributed by atoms with Gasteiger partial charge in [0.2, 0.25) is 5.91 Å². The van der Waals surface area contributed by atoms with Gasteiger partial charge in [-0.1, -0.05) is 6.92 Å². The summed E-state index contributed by atoms with van der Waals surface area (Å²) in [6.07, 6.45) is 1.04. The third-order valence-corrected chi connectivity index (χ3v) is 3.22. The van der Waals surface area contributed by atoms with Crippen LogP contribution in [-0.4, -0.2) is 50.8 Å². The van der Waals surface area contributed by atoms with Gasteiger partial charge in [-0.25, -0.2) is 4.79 Å². The molecule has 114 valence electrons. The van der Waals surface area contributed by atoms with Gasteiger partial charge in [-0.2, -0.15) is 0 Å². The first kappa shape index (κ1) is 16.4. The second-order valence-corrected chi connectivity index (χ2v) is 4.75. The highest BCUT2D eigenvalue weighted by molar-refractivity contribution is 5.87. The topological polar surface area (TPSA) is 90.9 Å². The molecular weight excluding hydrogens is 266 g/mol. The molecule has 1 heterocycles. The highest BCUT2D eigenvalue weighted by atomic mass is 16.5. The van der Waals surface area contributed by atoms with E-state index in [-0.39, 0.29) is 12.3 Å². The van der Waals surface area contributed by atoms with Crippen molar-refractivity contribution in [1.82, 2.24) is 5.32 Å². The largest absolute Gasteiger partial charge is 0.469 e. The lowest BCUT2D eigenvalue weighted by Crippen LogP contribution is -2.47. The summed E-state index contributed by atoms with van der Waals surface area (Å²) < 4.78 is 14.5. The monoisotopic (exact) mass is 287 g/mol. The van der Waals surface area contributed by atoms with Crippen LogP contribution in [-0.2, 0) is 28.6 Å². The van der Waals surface area contributed by atoms with Gasteiger partial charge in [0.15, 0.2) is 0 Å². The average Bonchev–Trinajstić information content (AvgIpc) is 2.98. The lowest BCUT2D eigenvalue weighted by atomic mass is 10.0. The molecule has 7 heteroatoms. The van der Waals surface area contributed by atoms with E-state index in [1.165, 1.54) is 14.2 Å². The van der Waals surface area contributed by atoms with E-state index in [1.807, 2.05) is 0 Å². The summed E-state index contributed by atoms with van der Waals surface area (Å²) in [5.74, 6) is -1.90. The molecule has 0 aromatic heterocycles. The van der Waals surface area contributed by atoms with Crippen molar-refractivity contribution in [2.45, 2.75) is 38.3 Å². The number of ether oxygens (including phenoxy) is 3. The van der Waals surface area contributed by atoms with E-state index in [1.54, 1.807) is 6.92 Å². The van der Waals surface area contributed by atoms with Crippen LogP contribution in [0.4, 0.5) is 0 Å². The predicted molar refractivity (Wildman–Crippen MR) is 68.7 cm³/mol. The van der Waals surface area contributed by atoms with Crippen LogP contribution in [0.25, 0.3) is 0 Å². The second kappa shape index (κ2) is 7.84. The van der Waals surface area contributed by atoms with E-state index in [2.05, 4.69) is 14.8 Å². The van der Waals surface area contributed by atoms with E-state index in [0.29, 0.717) is 13.0 Å². The number of carbonyl (C=O) groups is 3. The van der Waals surface area contributed by atoms with Crippen molar-refractivity contribution in [2.75, 3.05) is 20.8 Å². The molecule has 3 atom stereocenters. The first-order valence-corrected chi connectivity index (χ1v) is 6.57. The zero-order valence-corrected chi connectivity index (χ0v) is 12.0. The van der Waals surface area contributed by atoms with Crippen molar-refractivity contribution in [1.29, 1.82) is 0 Å². The molecule has 1 saturated heterocycles. The minimum Gasteiger partial charge on any atom is -0.469 e. The van der Waals surface area contributed by atoms with Crippen molar-refractivity contribution in [3.8, 4) is 0 Å². The fourth-order valence-electron chi connectivity index (χ4n) is 2.06.